The second-order valence-corrected chi connectivity index (χ2v) is 8.03. The monoisotopic (exact) mass is 372 g/mol. The molecule has 0 unspecified atom stereocenters. The largest absolute Gasteiger partial charge is 0.403 e. The Morgan fingerprint density at radius 3 is 2.73 bits per heavy atom. The first-order chi connectivity index (χ1) is 12.6. The van der Waals surface area contributed by atoms with Crippen LogP contribution in [0.25, 0.3) is 5.70 Å². The van der Waals surface area contributed by atoms with Gasteiger partial charge in [-0.25, -0.2) is 0 Å². The first-order valence-electron chi connectivity index (χ1n) is 9.28. The van der Waals surface area contributed by atoms with Crippen LogP contribution in [0.3, 0.4) is 0 Å². The van der Waals surface area contributed by atoms with Crippen molar-refractivity contribution in [3.63, 3.8) is 0 Å². The summed E-state index contributed by atoms with van der Waals surface area (Å²) < 4.78 is 0. The van der Waals surface area contributed by atoms with Gasteiger partial charge in [-0.05, 0) is 49.6 Å². The summed E-state index contributed by atoms with van der Waals surface area (Å²) in [6.45, 7) is 5.88. The zero-order chi connectivity index (χ0) is 18.7. The molecule has 0 aromatic heterocycles. The maximum atomic E-state index is 12.5. The Bertz CT molecular complexity index is 739. The minimum absolute atomic E-state index is 0.0790. The highest BCUT2D eigenvalue weighted by Gasteiger charge is 2.29. The van der Waals surface area contributed by atoms with Gasteiger partial charge in [0.15, 0.2) is 0 Å². The highest BCUT2D eigenvalue weighted by Crippen LogP contribution is 2.36. The van der Waals surface area contributed by atoms with E-state index < -0.39 is 0 Å². The fraction of sp³-hybridized carbons (Fsp3) is 0.450. The summed E-state index contributed by atoms with van der Waals surface area (Å²) in [5.74, 6) is 1.74. The molecule has 1 saturated carbocycles. The van der Waals surface area contributed by atoms with Gasteiger partial charge in [0.1, 0.15) is 5.70 Å². The van der Waals surface area contributed by atoms with Gasteiger partial charge >= 0.3 is 0 Å². The van der Waals surface area contributed by atoms with Gasteiger partial charge in [0, 0.05) is 48.7 Å². The molecule has 1 aliphatic carbocycles. The third-order valence-electron chi connectivity index (χ3n) is 4.77. The number of hydrogen-bond donors (Lipinski definition) is 2. The van der Waals surface area contributed by atoms with Crippen molar-refractivity contribution < 1.29 is 4.79 Å². The van der Waals surface area contributed by atoms with Gasteiger partial charge in [0.05, 0.1) is 5.70 Å². The molecule has 0 radical (unpaired) electrons. The van der Waals surface area contributed by atoms with E-state index in [9.17, 15) is 4.79 Å². The van der Waals surface area contributed by atoms with E-state index in [0.717, 1.165) is 35.2 Å². The molecule has 1 aromatic carbocycles. The molecule has 0 spiro atoms. The van der Waals surface area contributed by atoms with Gasteiger partial charge in [-0.2, -0.15) is 0 Å². The lowest BCUT2D eigenvalue weighted by Gasteiger charge is -2.35. The van der Waals surface area contributed by atoms with Crippen molar-refractivity contribution in [2.45, 2.75) is 31.6 Å². The number of nitrogens with two attached hydrogens (primary N) is 1. The van der Waals surface area contributed by atoms with Crippen LogP contribution in [0, 0.1) is 5.92 Å². The minimum Gasteiger partial charge on any atom is -0.403 e. The molecule has 26 heavy (non-hydrogen) atoms. The standard InChI is InChI=1S/C20H28N4OS/c1-4-24-18(11-21)20(25)23(3)13-19(24)16-10-15(26-5-2)8-9-17(16)22-12-14-6-7-14/h8-11,13-14,22H,4-7,12,21H2,1-3H3/b18-11-. The van der Waals surface area contributed by atoms with Gasteiger partial charge < -0.3 is 20.9 Å². The lowest BCUT2D eigenvalue weighted by Crippen LogP contribution is -2.39. The molecule has 2 aliphatic rings. The molecule has 3 N–H and O–H groups in total. The van der Waals surface area contributed by atoms with Crippen molar-refractivity contribution in [2.24, 2.45) is 11.7 Å². The second-order valence-electron chi connectivity index (χ2n) is 6.69. The molecule has 5 nitrogen and oxygen atoms in total. The van der Waals surface area contributed by atoms with Crippen molar-refractivity contribution >= 4 is 29.1 Å². The van der Waals surface area contributed by atoms with Crippen LogP contribution in [0.15, 0.2) is 41.2 Å². The van der Waals surface area contributed by atoms with E-state index in [0.29, 0.717) is 12.2 Å². The molecule has 1 aliphatic heterocycles. The zero-order valence-corrected chi connectivity index (χ0v) is 16.6. The van der Waals surface area contributed by atoms with Gasteiger partial charge in [-0.3, -0.25) is 4.79 Å². The van der Waals surface area contributed by atoms with Crippen LogP contribution in [0.4, 0.5) is 5.69 Å². The Morgan fingerprint density at radius 1 is 1.35 bits per heavy atom. The van der Waals surface area contributed by atoms with Crippen LogP contribution < -0.4 is 11.1 Å². The fourth-order valence-corrected chi connectivity index (χ4v) is 3.88. The molecule has 0 bridgehead atoms. The lowest BCUT2D eigenvalue weighted by molar-refractivity contribution is -0.125. The number of nitrogens with zero attached hydrogens (tertiary/aromatic N) is 2. The quantitative estimate of drug-likeness (QED) is 0.566. The number of thioether (sulfide) groups is 1. The Labute approximate surface area is 160 Å². The topological polar surface area (TPSA) is 61.6 Å². The molecule has 6 heteroatoms. The van der Waals surface area contributed by atoms with E-state index in [4.69, 9.17) is 5.73 Å². The molecule has 140 valence electrons. The predicted octanol–water partition coefficient (Wildman–Crippen LogP) is 3.51. The molecular formula is C20H28N4OS. The van der Waals surface area contributed by atoms with Crippen LogP contribution in [-0.2, 0) is 4.79 Å². The summed E-state index contributed by atoms with van der Waals surface area (Å²) >= 11 is 1.82. The Morgan fingerprint density at radius 2 is 2.12 bits per heavy atom. The van der Waals surface area contributed by atoms with Crippen molar-refractivity contribution in [1.82, 2.24) is 9.80 Å². The van der Waals surface area contributed by atoms with E-state index in [1.165, 1.54) is 23.9 Å². The average Bonchev–Trinajstić information content (AvgIpc) is 3.47. The number of nitrogens with one attached hydrogen (secondary N) is 1. The summed E-state index contributed by atoms with van der Waals surface area (Å²) in [4.78, 5) is 17.3. The molecule has 1 amide bonds. The van der Waals surface area contributed by atoms with E-state index in [-0.39, 0.29) is 5.91 Å². The number of carbonyl (C=O) groups is 1. The van der Waals surface area contributed by atoms with Gasteiger partial charge in [0.2, 0.25) is 0 Å². The molecule has 1 aromatic rings. The molecule has 3 rings (SSSR count). The zero-order valence-electron chi connectivity index (χ0n) is 15.8. The summed E-state index contributed by atoms with van der Waals surface area (Å²) in [5.41, 5.74) is 9.54. The molecule has 1 fully saturated rings. The SMILES string of the molecule is CCSc1ccc(NCC2CC2)c(C2=CN(C)C(=O)/C(=C/N)N2CC)c1. The van der Waals surface area contributed by atoms with Gasteiger partial charge in [-0.1, -0.05) is 6.92 Å². The second kappa shape index (κ2) is 8.08. The van der Waals surface area contributed by atoms with Crippen molar-refractivity contribution in [3.05, 3.63) is 41.9 Å². The number of hydrogen-bond acceptors (Lipinski definition) is 5. The number of likely N-dealkylation sites (N-methyl/N-ethyl adjacent to an activating group) is 2. The summed E-state index contributed by atoms with van der Waals surface area (Å²) in [6.07, 6.45) is 5.95. The first-order valence-corrected chi connectivity index (χ1v) is 10.3. The van der Waals surface area contributed by atoms with Gasteiger partial charge in [-0.15, -0.1) is 11.8 Å². The minimum atomic E-state index is -0.0790. The average molecular weight is 373 g/mol. The Balaban J connectivity index is 2.04. The highest BCUT2D eigenvalue weighted by atomic mass is 32.2. The third kappa shape index (κ3) is 3.85. The van der Waals surface area contributed by atoms with Crippen molar-refractivity contribution in [3.8, 4) is 0 Å². The number of anilines is 1. The molecular weight excluding hydrogens is 344 g/mol. The van der Waals surface area contributed by atoms with Crippen LogP contribution in [0.1, 0.15) is 32.3 Å². The van der Waals surface area contributed by atoms with Crippen molar-refractivity contribution in [1.29, 1.82) is 0 Å². The summed E-state index contributed by atoms with van der Waals surface area (Å²) in [6, 6.07) is 6.55. The maximum absolute atomic E-state index is 12.5. The van der Waals surface area contributed by atoms with Crippen molar-refractivity contribution in [2.75, 3.05) is 31.2 Å². The maximum Gasteiger partial charge on any atom is 0.275 e. The van der Waals surface area contributed by atoms with Crippen LogP contribution >= 0.6 is 11.8 Å². The smallest absolute Gasteiger partial charge is 0.275 e. The fourth-order valence-electron chi connectivity index (χ4n) is 3.18. The lowest BCUT2D eigenvalue weighted by atomic mass is 10.1. The van der Waals surface area contributed by atoms with E-state index in [1.807, 2.05) is 29.8 Å². The number of amides is 1. The van der Waals surface area contributed by atoms with E-state index >= 15 is 0 Å². The first kappa shape index (κ1) is 18.7. The van der Waals surface area contributed by atoms with Gasteiger partial charge in [0.25, 0.3) is 5.91 Å². The molecule has 0 saturated heterocycles. The third-order valence-corrected chi connectivity index (χ3v) is 5.64. The van der Waals surface area contributed by atoms with Crippen LogP contribution in [0.5, 0.6) is 0 Å². The van der Waals surface area contributed by atoms with Crippen LogP contribution in [0.2, 0.25) is 0 Å². The number of carbonyl (C=O) groups excluding carboxylic acids is 1. The number of benzene rings is 1. The Hall–Kier alpha value is -2.08. The highest BCUT2D eigenvalue weighted by molar-refractivity contribution is 7.99. The van der Waals surface area contributed by atoms with E-state index in [2.05, 4.69) is 30.4 Å². The van der Waals surface area contributed by atoms with E-state index in [1.54, 1.807) is 11.9 Å². The normalized spacial score (nSPS) is 19.1. The Kier molecular flexibility index (Phi) is 5.81. The molecule has 1 heterocycles. The van der Waals surface area contributed by atoms with Crippen LogP contribution in [-0.4, -0.2) is 41.6 Å². The molecule has 0 atom stereocenters. The summed E-state index contributed by atoms with van der Waals surface area (Å²) in [5, 5.41) is 3.61. The predicted molar refractivity (Wildman–Crippen MR) is 109 cm³/mol. The summed E-state index contributed by atoms with van der Waals surface area (Å²) in [7, 11) is 1.78. The number of rotatable bonds is 7.